The molecular formula is C48H32O. The van der Waals surface area contributed by atoms with E-state index in [0.29, 0.717) is 0 Å². The van der Waals surface area contributed by atoms with E-state index in [1.165, 1.54) is 44.5 Å². The van der Waals surface area contributed by atoms with Crippen molar-refractivity contribution in [3.8, 4) is 66.8 Å². The van der Waals surface area contributed by atoms with E-state index in [4.69, 9.17) is 4.42 Å². The lowest BCUT2D eigenvalue weighted by atomic mass is 9.95. The molecule has 0 spiro atoms. The van der Waals surface area contributed by atoms with E-state index < -0.39 is 0 Å². The Kier molecular flexibility index (Phi) is 7.22. The van der Waals surface area contributed by atoms with Crippen molar-refractivity contribution >= 4 is 21.9 Å². The van der Waals surface area contributed by atoms with Crippen molar-refractivity contribution in [3.63, 3.8) is 0 Å². The van der Waals surface area contributed by atoms with Crippen LogP contribution in [-0.2, 0) is 0 Å². The van der Waals surface area contributed by atoms with Gasteiger partial charge in [-0.15, -0.1) is 0 Å². The summed E-state index contributed by atoms with van der Waals surface area (Å²) in [5.41, 5.74) is 16.0. The van der Waals surface area contributed by atoms with Crippen molar-refractivity contribution in [1.82, 2.24) is 0 Å². The van der Waals surface area contributed by atoms with Crippen LogP contribution in [0.4, 0.5) is 0 Å². The number of para-hydroxylation sites is 2. The molecule has 9 rings (SSSR count). The van der Waals surface area contributed by atoms with Crippen LogP contribution in [-0.4, -0.2) is 0 Å². The Morgan fingerprint density at radius 3 is 0.980 bits per heavy atom. The highest BCUT2D eigenvalue weighted by atomic mass is 16.3. The first-order valence-corrected chi connectivity index (χ1v) is 16.8. The number of furan rings is 1. The largest absolute Gasteiger partial charge is 0.455 e. The summed E-state index contributed by atoms with van der Waals surface area (Å²) < 4.78 is 6.76. The average Bonchev–Trinajstić information content (AvgIpc) is 3.58. The third kappa shape index (κ3) is 5.42. The number of hydrogen-bond donors (Lipinski definition) is 0. The number of hydrogen-bond acceptors (Lipinski definition) is 1. The average molecular weight is 625 g/mol. The Morgan fingerprint density at radius 2 is 0.531 bits per heavy atom. The molecule has 0 bridgehead atoms. The number of fused-ring (bicyclic) bond motifs is 3. The van der Waals surface area contributed by atoms with Gasteiger partial charge in [0.25, 0.3) is 0 Å². The van der Waals surface area contributed by atoms with Crippen molar-refractivity contribution in [3.05, 3.63) is 194 Å². The van der Waals surface area contributed by atoms with E-state index in [9.17, 15) is 0 Å². The van der Waals surface area contributed by atoms with Gasteiger partial charge in [-0.05, 0) is 67.8 Å². The fraction of sp³-hybridized carbons (Fsp3) is 0. The Hall–Kier alpha value is -6.44. The molecule has 0 aliphatic carbocycles. The van der Waals surface area contributed by atoms with Gasteiger partial charge in [0.15, 0.2) is 0 Å². The van der Waals surface area contributed by atoms with Crippen LogP contribution >= 0.6 is 0 Å². The quantitative estimate of drug-likeness (QED) is 0.179. The first-order valence-electron chi connectivity index (χ1n) is 16.8. The van der Waals surface area contributed by atoms with E-state index >= 15 is 0 Å². The minimum absolute atomic E-state index is 0.916. The summed E-state index contributed by atoms with van der Waals surface area (Å²) in [4.78, 5) is 0. The molecule has 49 heavy (non-hydrogen) atoms. The van der Waals surface area contributed by atoms with Crippen LogP contribution < -0.4 is 0 Å². The van der Waals surface area contributed by atoms with Crippen LogP contribution in [0.25, 0.3) is 88.7 Å². The van der Waals surface area contributed by atoms with Gasteiger partial charge in [0.1, 0.15) is 11.2 Å². The third-order valence-corrected chi connectivity index (χ3v) is 9.52. The van der Waals surface area contributed by atoms with Crippen LogP contribution in [0.5, 0.6) is 0 Å². The molecule has 0 unspecified atom stereocenters. The lowest BCUT2D eigenvalue weighted by Gasteiger charge is -2.09. The van der Waals surface area contributed by atoms with Gasteiger partial charge in [-0.3, -0.25) is 0 Å². The minimum atomic E-state index is 0.916. The molecule has 230 valence electrons. The molecule has 0 aliphatic rings. The van der Waals surface area contributed by atoms with Crippen LogP contribution in [0.15, 0.2) is 199 Å². The van der Waals surface area contributed by atoms with Gasteiger partial charge >= 0.3 is 0 Å². The smallest absolute Gasteiger partial charge is 0.143 e. The maximum Gasteiger partial charge on any atom is 0.143 e. The molecule has 0 amide bonds. The van der Waals surface area contributed by atoms with Crippen LogP contribution in [0, 0.1) is 0 Å². The van der Waals surface area contributed by atoms with Crippen molar-refractivity contribution < 1.29 is 4.42 Å². The molecular weight excluding hydrogens is 593 g/mol. The topological polar surface area (TPSA) is 13.1 Å². The Balaban J connectivity index is 1.04. The molecule has 8 aromatic carbocycles. The molecule has 0 N–H and O–H groups in total. The first kappa shape index (κ1) is 28.8. The summed E-state index contributed by atoms with van der Waals surface area (Å²) in [7, 11) is 0. The Morgan fingerprint density at radius 1 is 0.224 bits per heavy atom. The van der Waals surface area contributed by atoms with Gasteiger partial charge in [0, 0.05) is 21.9 Å². The molecule has 1 nitrogen and oxygen atoms in total. The molecule has 1 aromatic heterocycles. The SMILES string of the molecule is c1ccc(-c2ccc(-c3cccc4c3oc3c(-c5ccc(-c6cccc(-c7cccc(-c8ccccc8)c7)c6)cc5)cccc34)cc2)cc1. The minimum Gasteiger partial charge on any atom is -0.455 e. The molecule has 0 saturated carbocycles. The van der Waals surface area contributed by atoms with Gasteiger partial charge in [-0.2, -0.15) is 0 Å². The van der Waals surface area contributed by atoms with E-state index in [1.807, 2.05) is 0 Å². The highest BCUT2D eigenvalue weighted by Crippen LogP contribution is 2.40. The lowest BCUT2D eigenvalue weighted by Crippen LogP contribution is -1.84. The molecule has 0 aliphatic heterocycles. The summed E-state index contributed by atoms with van der Waals surface area (Å²) in [5, 5.41) is 2.26. The van der Waals surface area contributed by atoms with E-state index in [1.54, 1.807) is 0 Å². The molecule has 0 saturated heterocycles. The standard InChI is InChI=1S/C48H32O/c1-3-11-33(12-4-1)35-23-27-37(28-24-35)43-19-9-21-45-46-22-10-20-44(48(46)49-47(43)45)38-29-25-36(26-30-38)40-16-8-18-42(32-40)41-17-7-15-39(31-41)34-13-5-2-6-14-34/h1-32H. The van der Waals surface area contributed by atoms with E-state index in [-0.39, 0.29) is 0 Å². The van der Waals surface area contributed by atoms with Gasteiger partial charge in [0.2, 0.25) is 0 Å². The third-order valence-electron chi connectivity index (χ3n) is 9.52. The van der Waals surface area contributed by atoms with Crippen LogP contribution in [0.1, 0.15) is 0 Å². The highest BCUT2D eigenvalue weighted by Gasteiger charge is 2.16. The Bertz CT molecular complexity index is 2560. The van der Waals surface area contributed by atoms with Crippen LogP contribution in [0.3, 0.4) is 0 Å². The molecule has 9 aromatic rings. The molecule has 1 heterocycles. The van der Waals surface area contributed by atoms with E-state index in [2.05, 4.69) is 194 Å². The lowest BCUT2D eigenvalue weighted by molar-refractivity contribution is 0.671. The zero-order valence-corrected chi connectivity index (χ0v) is 26.9. The Labute approximate surface area is 286 Å². The highest BCUT2D eigenvalue weighted by molar-refractivity contribution is 6.13. The van der Waals surface area contributed by atoms with Gasteiger partial charge in [0.05, 0.1) is 0 Å². The fourth-order valence-corrected chi connectivity index (χ4v) is 6.98. The summed E-state index contributed by atoms with van der Waals surface area (Å²) in [6, 6.07) is 69.2. The second kappa shape index (κ2) is 12.3. The van der Waals surface area contributed by atoms with Gasteiger partial charge in [-0.1, -0.05) is 182 Å². The van der Waals surface area contributed by atoms with Crippen molar-refractivity contribution in [1.29, 1.82) is 0 Å². The molecule has 0 atom stereocenters. The molecule has 0 radical (unpaired) electrons. The number of benzene rings is 8. The number of rotatable bonds is 6. The fourth-order valence-electron chi connectivity index (χ4n) is 6.98. The molecule has 0 fully saturated rings. The van der Waals surface area contributed by atoms with Crippen molar-refractivity contribution in [2.45, 2.75) is 0 Å². The summed E-state index contributed by atoms with van der Waals surface area (Å²) >= 11 is 0. The monoisotopic (exact) mass is 624 g/mol. The second-order valence-electron chi connectivity index (χ2n) is 12.5. The zero-order chi connectivity index (χ0) is 32.6. The summed E-state index contributed by atoms with van der Waals surface area (Å²) in [5.74, 6) is 0. The zero-order valence-electron chi connectivity index (χ0n) is 26.9. The van der Waals surface area contributed by atoms with Gasteiger partial charge < -0.3 is 4.42 Å². The maximum absolute atomic E-state index is 6.76. The summed E-state index contributed by atoms with van der Waals surface area (Å²) in [6.45, 7) is 0. The second-order valence-corrected chi connectivity index (χ2v) is 12.5. The normalized spacial score (nSPS) is 11.3. The summed E-state index contributed by atoms with van der Waals surface area (Å²) in [6.07, 6.45) is 0. The van der Waals surface area contributed by atoms with Crippen LogP contribution in [0.2, 0.25) is 0 Å². The van der Waals surface area contributed by atoms with Crippen molar-refractivity contribution in [2.24, 2.45) is 0 Å². The molecule has 1 heteroatoms. The van der Waals surface area contributed by atoms with E-state index in [0.717, 1.165) is 44.2 Å². The predicted octanol–water partition coefficient (Wildman–Crippen LogP) is 13.6. The maximum atomic E-state index is 6.76. The van der Waals surface area contributed by atoms with Crippen molar-refractivity contribution in [2.75, 3.05) is 0 Å². The van der Waals surface area contributed by atoms with Gasteiger partial charge in [-0.25, -0.2) is 0 Å². The first-order chi connectivity index (χ1) is 24.3. The predicted molar refractivity (Wildman–Crippen MR) is 206 cm³/mol.